The van der Waals surface area contributed by atoms with E-state index >= 15 is 0 Å². The third kappa shape index (κ3) is 6.87. The lowest BCUT2D eigenvalue weighted by atomic mass is 9.83. The van der Waals surface area contributed by atoms with Crippen molar-refractivity contribution in [3.63, 3.8) is 0 Å². The first kappa shape index (κ1) is 20.6. The summed E-state index contributed by atoms with van der Waals surface area (Å²) in [6, 6.07) is -1.66. The van der Waals surface area contributed by atoms with Crippen LogP contribution >= 0.6 is 12.4 Å². The highest BCUT2D eigenvalue weighted by Crippen LogP contribution is 2.34. The van der Waals surface area contributed by atoms with Crippen LogP contribution in [-0.4, -0.2) is 31.2 Å². The van der Waals surface area contributed by atoms with Gasteiger partial charge in [0.15, 0.2) is 0 Å². The molecule has 2 fully saturated rings. The molecule has 1 amide bonds. The molecule has 2 aliphatic rings. The first-order valence-electron chi connectivity index (χ1n) is 8.53. The van der Waals surface area contributed by atoms with Crippen molar-refractivity contribution >= 4 is 18.3 Å². The van der Waals surface area contributed by atoms with E-state index in [9.17, 15) is 18.0 Å². The fourth-order valence-corrected chi connectivity index (χ4v) is 3.69. The van der Waals surface area contributed by atoms with Crippen LogP contribution < -0.4 is 10.6 Å². The zero-order valence-electron chi connectivity index (χ0n) is 13.5. The molecule has 0 spiro atoms. The molecule has 136 valence electrons. The fourth-order valence-electron chi connectivity index (χ4n) is 3.69. The van der Waals surface area contributed by atoms with E-state index in [1.807, 2.05) is 0 Å². The van der Waals surface area contributed by atoms with Crippen LogP contribution in [0.4, 0.5) is 13.2 Å². The average Bonchev–Trinajstić information content (AvgIpc) is 2.51. The number of hydrogen-bond acceptors (Lipinski definition) is 2. The molecule has 0 aromatic carbocycles. The number of halogens is 4. The van der Waals surface area contributed by atoms with Crippen LogP contribution in [0, 0.1) is 11.8 Å². The summed E-state index contributed by atoms with van der Waals surface area (Å²) in [5.74, 6) is -0.422. The standard InChI is InChI=1S/C16H27F3N2O.ClH/c17-16(18,19)15(13-4-2-1-3-5-13)21-14(22)7-6-12-8-10-20-11-9-12;/h12-13,15,20H,1-11H2,(H,21,22);1H. The van der Waals surface area contributed by atoms with Crippen molar-refractivity contribution in [3.8, 4) is 0 Å². The predicted molar refractivity (Wildman–Crippen MR) is 86.6 cm³/mol. The maximum atomic E-state index is 13.2. The van der Waals surface area contributed by atoms with E-state index in [0.717, 1.165) is 45.2 Å². The molecular formula is C16H28ClF3N2O. The van der Waals surface area contributed by atoms with Crippen LogP contribution in [0.3, 0.4) is 0 Å². The topological polar surface area (TPSA) is 41.1 Å². The maximum Gasteiger partial charge on any atom is 0.408 e. The summed E-state index contributed by atoms with van der Waals surface area (Å²) < 4.78 is 39.7. The maximum absolute atomic E-state index is 13.2. The zero-order chi connectivity index (χ0) is 16.0. The molecule has 1 saturated heterocycles. The number of carbonyl (C=O) groups is 1. The van der Waals surface area contributed by atoms with E-state index in [4.69, 9.17) is 0 Å². The number of piperidine rings is 1. The number of amides is 1. The van der Waals surface area contributed by atoms with Crippen molar-refractivity contribution < 1.29 is 18.0 Å². The molecule has 1 aliphatic heterocycles. The second-order valence-corrected chi connectivity index (χ2v) is 6.72. The molecule has 0 radical (unpaired) electrons. The van der Waals surface area contributed by atoms with Gasteiger partial charge in [-0.2, -0.15) is 13.2 Å². The van der Waals surface area contributed by atoms with Crippen LogP contribution in [0.2, 0.25) is 0 Å². The largest absolute Gasteiger partial charge is 0.408 e. The van der Waals surface area contributed by atoms with E-state index in [0.29, 0.717) is 25.2 Å². The van der Waals surface area contributed by atoms with Gasteiger partial charge in [0.05, 0.1) is 0 Å². The molecule has 0 aromatic rings. The summed E-state index contributed by atoms with van der Waals surface area (Å²) in [7, 11) is 0. The second-order valence-electron chi connectivity index (χ2n) is 6.72. The Morgan fingerprint density at radius 3 is 2.26 bits per heavy atom. The zero-order valence-corrected chi connectivity index (χ0v) is 14.3. The quantitative estimate of drug-likeness (QED) is 0.786. The van der Waals surface area contributed by atoms with Gasteiger partial charge in [-0.1, -0.05) is 19.3 Å². The summed E-state index contributed by atoms with van der Waals surface area (Å²) in [5, 5.41) is 5.53. The molecule has 23 heavy (non-hydrogen) atoms. The van der Waals surface area contributed by atoms with E-state index in [1.54, 1.807) is 0 Å². The molecule has 3 nitrogen and oxygen atoms in total. The van der Waals surface area contributed by atoms with Gasteiger partial charge in [-0.05, 0) is 57.0 Å². The summed E-state index contributed by atoms with van der Waals surface area (Å²) >= 11 is 0. The summed E-state index contributed by atoms with van der Waals surface area (Å²) in [6.45, 7) is 1.89. The molecule has 0 aromatic heterocycles. The first-order valence-corrected chi connectivity index (χ1v) is 8.53. The highest BCUT2D eigenvalue weighted by atomic mass is 35.5. The second kappa shape index (κ2) is 9.72. The van der Waals surface area contributed by atoms with Gasteiger partial charge in [0.2, 0.25) is 5.91 Å². The molecule has 1 aliphatic carbocycles. The van der Waals surface area contributed by atoms with Crippen LogP contribution in [0.15, 0.2) is 0 Å². The smallest absolute Gasteiger partial charge is 0.344 e. The van der Waals surface area contributed by atoms with Crippen molar-refractivity contribution in [1.82, 2.24) is 10.6 Å². The Hall–Kier alpha value is -0.490. The summed E-state index contributed by atoms with van der Waals surface area (Å²) in [4.78, 5) is 12.0. The van der Waals surface area contributed by atoms with E-state index in [2.05, 4.69) is 10.6 Å². The predicted octanol–water partition coefficient (Wildman–Crippen LogP) is 3.82. The van der Waals surface area contributed by atoms with Crippen molar-refractivity contribution in [2.24, 2.45) is 11.8 Å². The lowest BCUT2D eigenvalue weighted by molar-refractivity contribution is -0.174. The fraction of sp³-hybridized carbons (Fsp3) is 0.938. The highest BCUT2D eigenvalue weighted by Gasteiger charge is 2.45. The molecule has 7 heteroatoms. The van der Waals surface area contributed by atoms with E-state index in [-0.39, 0.29) is 18.8 Å². The van der Waals surface area contributed by atoms with Crippen LogP contribution in [0.5, 0.6) is 0 Å². The van der Waals surface area contributed by atoms with Gasteiger partial charge in [0.25, 0.3) is 0 Å². The van der Waals surface area contributed by atoms with E-state index < -0.39 is 24.0 Å². The SMILES string of the molecule is Cl.O=C(CCC1CCNCC1)NC(C1CCCCC1)C(F)(F)F. The lowest BCUT2D eigenvalue weighted by Gasteiger charge is -2.32. The van der Waals surface area contributed by atoms with Gasteiger partial charge in [-0.3, -0.25) is 4.79 Å². The molecular weight excluding hydrogens is 329 g/mol. The van der Waals surface area contributed by atoms with Gasteiger partial charge in [-0.25, -0.2) is 0 Å². The third-order valence-electron chi connectivity index (χ3n) is 5.03. The van der Waals surface area contributed by atoms with Crippen LogP contribution in [0.1, 0.15) is 57.8 Å². The number of alkyl halides is 3. The molecule has 0 bridgehead atoms. The summed E-state index contributed by atoms with van der Waals surface area (Å²) in [6.07, 6.45) is 2.41. The van der Waals surface area contributed by atoms with Gasteiger partial charge in [0, 0.05) is 6.42 Å². The molecule has 2 N–H and O–H groups in total. The molecule has 1 unspecified atom stereocenters. The average molecular weight is 357 g/mol. The molecule has 1 saturated carbocycles. The Morgan fingerprint density at radius 2 is 1.70 bits per heavy atom. The Morgan fingerprint density at radius 1 is 1.09 bits per heavy atom. The van der Waals surface area contributed by atoms with Crippen molar-refractivity contribution in [1.29, 1.82) is 0 Å². The monoisotopic (exact) mass is 356 g/mol. The van der Waals surface area contributed by atoms with Crippen molar-refractivity contribution in [3.05, 3.63) is 0 Å². The van der Waals surface area contributed by atoms with Crippen molar-refractivity contribution in [2.75, 3.05) is 13.1 Å². The number of nitrogens with one attached hydrogen (secondary N) is 2. The minimum absolute atomic E-state index is 0. The number of rotatable bonds is 5. The number of hydrogen-bond donors (Lipinski definition) is 2. The Balaban J connectivity index is 0.00000264. The van der Waals surface area contributed by atoms with E-state index in [1.165, 1.54) is 0 Å². The molecule has 1 atom stereocenters. The lowest BCUT2D eigenvalue weighted by Crippen LogP contribution is -2.50. The van der Waals surface area contributed by atoms with Crippen LogP contribution in [0.25, 0.3) is 0 Å². The van der Waals surface area contributed by atoms with Gasteiger partial charge >= 0.3 is 6.18 Å². The third-order valence-corrected chi connectivity index (χ3v) is 5.03. The normalized spacial score (nSPS) is 22.2. The minimum atomic E-state index is -4.34. The number of carbonyl (C=O) groups excluding carboxylic acids is 1. The molecule has 1 heterocycles. The van der Waals surface area contributed by atoms with Gasteiger partial charge < -0.3 is 10.6 Å². The highest BCUT2D eigenvalue weighted by molar-refractivity contribution is 5.85. The first-order chi connectivity index (χ1) is 10.5. The Labute approximate surface area is 142 Å². The van der Waals surface area contributed by atoms with Gasteiger partial charge in [-0.15, -0.1) is 12.4 Å². The Kier molecular flexibility index (Phi) is 8.69. The van der Waals surface area contributed by atoms with Gasteiger partial charge in [0.1, 0.15) is 6.04 Å². The minimum Gasteiger partial charge on any atom is -0.344 e. The van der Waals surface area contributed by atoms with Crippen LogP contribution in [-0.2, 0) is 4.79 Å². The van der Waals surface area contributed by atoms with Crippen molar-refractivity contribution in [2.45, 2.75) is 70.0 Å². The summed E-state index contributed by atoms with van der Waals surface area (Å²) in [5.41, 5.74) is 0. The Bertz CT molecular complexity index is 354. The molecule has 2 rings (SSSR count).